The molecule has 2 unspecified atom stereocenters. The third-order valence-corrected chi connectivity index (χ3v) is 8.30. The average Bonchev–Trinajstić information content (AvgIpc) is 2.86. The van der Waals surface area contributed by atoms with Crippen LogP contribution in [0.15, 0.2) is 11.6 Å². The number of unbranched alkanes of at least 4 members (excludes halogenated alkanes) is 12. The van der Waals surface area contributed by atoms with Gasteiger partial charge in [-0.3, -0.25) is 4.79 Å². The fourth-order valence-electron chi connectivity index (χ4n) is 5.45. The van der Waals surface area contributed by atoms with Crippen molar-refractivity contribution in [2.75, 3.05) is 6.61 Å². The van der Waals surface area contributed by atoms with Gasteiger partial charge in [-0.2, -0.15) is 0 Å². The summed E-state index contributed by atoms with van der Waals surface area (Å²) in [5.74, 6) is 2.53. The SMILES string of the molecule is CCCCCCCCCCCCCCCC(=O)OCC=C(C)CCCC(C)CCCC(C)CCCC(C)C. The quantitative estimate of drug-likeness (QED) is 0.0566. The third kappa shape index (κ3) is 28.2. The van der Waals surface area contributed by atoms with Gasteiger partial charge in [-0.15, -0.1) is 0 Å². The van der Waals surface area contributed by atoms with E-state index in [9.17, 15) is 4.79 Å². The van der Waals surface area contributed by atoms with Crippen molar-refractivity contribution in [2.45, 2.75) is 189 Å². The summed E-state index contributed by atoms with van der Waals surface area (Å²) in [7, 11) is 0. The first-order valence-corrected chi connectivity index (χ1v) is 17.2. The molecule has 0 aromatic rings. The molecule has 0 N–H and O–H groups in total. The maximum absolute atomic E-state index is 12.0. The van der Waals surface area contributed by atoms with E-state index in [1.807, 2.05) is 0 Å². The summed E-state index contributed by atoms with van der Waals surface area (Å²) in [6.07, 6.45) is 32.0. The lowest BCUT2D eigenvalue weighted by atomic mass is 9.91. The Kier molecular flexibility index (Phi) is 27.2. The van der Waals surface area contributed by atoms with Crippen molar-refractivity contribution in [3.63, 3.8) is 0 Å². The van der Waals surface area contributed by atoms with Crippen LogP contribution in [-0.4, -0.2) is 12.6 Å². The molecule has 226 valence electrons. The third-order valence-electron chi connectivity index (χ3n) is 8.30. The summed E-state index contributed by atoms with van der Waals surface area (Å²) in [5, 5.41) is 0. The molecular weight excluding hydrogens is 464 g/mol. The summed E-state index contributed by atoms with van der Waals surface area (Å²) in [6, 6.07) is 0. The Morgan fingerprint density at radius 2 is 1.03 bits per heavy atom. The van der Waals surface area contributed by atoms with E-state index in [2.05, 4.69) is 47.6 Å². The lowest BCUT2D eigenvalue weighted by Crippen LogP contribution is -2.04. The van der Waals surface area contributed by atoms with Gasteiger partial charge in [0.05, 0.1) is 0 Å². The first-order chi connectivity index (χ1) is 18.3. The molecule has 38 heavy (non-hydrogen) atoms. The summed E-state index contributed by atoms with van der Waals surface area (Å²) in [4.78, 5) is 12.0. The molecule has 0 aliphatic carbocycles. The Hall–Kier alpha value is -0.790. The summed E-state index contributed by atoms with van der Waals surface area (Å²) in [6.45, 7) is 14.4. The van der Waals surface area contributed by atoms with E-state index in [4.69, 9.17) is 4.74 Å². The van der Waals surface area contributed by atoms with Gasteiger partial charge in [-0.1, -0.05) is 162 Å². The number of hydrogen-bond donors (Lipinski definition) is 0. The second kappa shape index (κ2) is 27.8. The van der Waals surface area contributed by atoms with E-state index in [0.717, 1.165) is 37.0 Å². The van der Waals surface area contributed by atoms with Crippen molar-refractivity contribution in [3.8, 4) is 0 Å². The Morgan fingerprint density at radius 3 is 1.53 bits per heavy atom. The first-order valence-electron chi connectivity index (χ1n) is 17.2. The predicted octanol–water partition coefficient (Wildman–Crippen LogP) is 12.4. The minimum absolute atomic E-state index is 0.0239. The average molecular weight is 535 g/mol. The van der Waals surface area contributed by atoms with Crippen LogP contribution in [0.4, 0.5) is 0 Å². The molecule has 0 saturated carbocycles. The maximum atomic E-state index is 12.0. The number of ether oxygens (including phenoxy) is 1. The number of rotatable bonds is 28. The van der Waals surface area contributed by atoms with Crippen LogP contribution in [0.2, 0.25) is 0 Å². The second-order valence-corrected chi connectivity index (χ2v) is 13.1. The fourth-order valence-corrected chi connectivity index (χ4v) is 5.45. The maximum Gasteiger partial charge on any atom is 0.306 e. The van der Waals surface area contributed by atoms with Crippen LogP contribution in [-0.2, 0) is 9.53 Å². The Bertz CT molecular complexity index is 535. The summed E-state index contributed by atoms with van der Waals surface area (Å²) >= 11 is 0. The van der Waals surface area contributed by atoms with Gasteiger partial charge in [0.1, 0.15) is 6.61 Å². The van der Waals surface area contributed by atoms with Crippen molar-refractivity contribution in [3.05, 3.63) is 11.6 Å². The number of allylic oxidation sites excluding steroid dienone is 1. The van der Waals surface area contributed by atoms with Crippen LogP contribution >= 0.6 is 0 Å². The number of carbonyl (C=O) groups excluding carboxylic acids is 1. The van der Waals surface area contributed by atoms with Gasteiger partial charge >= 0.3 is 5.97 Å². The van der Waals surface area contributed by atoms with Gasteiger partial charge in [0.25, 0.3) is 0 Å². The largest absolute Gasteiger partial charge is 0.461 e. The van der Waals surface area contributed by atoms with Gasteiger partial charge < -0.3 is 4.74 Å². The molecule has 0 saturated heterocycles. The minimum Gasteiger partial charge on any atom is -0.461 e. The highest BCUT2D eigenvalue weighted by Crippen LogP contribution is 2.22. The van der Waals surface area contributed by atoms with Crippen molar-refractivity contribution in [2.24, 2.45) is 17.8 Å². The van der Waals surface area contributed by atoms with Crippen LogP contribution in [0, 0.1) is 17.8 Å². The molecule has 2 atom stereocenters. The molecular formula is C36H70O2. The molecule has 0 aliphatic rings. The highest BCUT2D eigenvalue weighted by atomic mass is 16.5. The number of carbonyl (C=O) groups is 1. The smallest absolute Gasteiger partial charge is 0.306 e. The molecule has 2 heteroatoms. The van der Waals surface area contributed by atoms with Crippen molar-refractivity contribution >= 4 is 5.97 Å². The van der Waals surface area contributed by atoms with Gasteiger partial charge in [-0.25, -0.2) is 0 Å². The van der Waals surface area contributed by atoms with Crippen LogP contribution < -0.4 is 0 Å². The predicted molar refractivity (Wildman–Crippen MR) is 170 cm³/mol. The van der Waals surface area contributed by atoms with E-state index in [0.29, 0.717) is 13.0 Å². The van der Waals surface area contributed by atoms with Crippen LogP contribution in [0.1, 0.15) is 189 Å². The van der Waals surface area contributed by atoms with E-state index >= 15 is 0 Å². The first kappa shape index (κ1) is 37.2. The van der Waals surface area contributed by atoms with Gasteiger partial charge in [0.15, 0.2) is 0 Å². The van der Waals surface area contributed by atoms with Crippen LogP contribution in [0.25, 0.3) is 0 Å². The highest BCUT2D eigenvalue weighted by Gasteiger charge is 2.07. The zero-order valence-electron chi connectivity index (χ0n) is 27.1. The van der Waals surface area contributed by atoms with Gasteiger partial charge in [-0.05, 0) is 50.0 Å². The normalized spacial score (nSPS) is 13.7. The molecule has 0 heterocycles. The Labute approximate surface area is 240 Å². The highest BCUT2D eigenvalue weighted by molar-refractivity contribution is 5.69. The van der Waals surface area contributed by atoms with Crippen molar-refractivity contribution in [1.29, 1.82) is 0 Å². The topological polar surface area (TPSA) is 26.3 Å². The summed E-state index contributed by atoms with van der Waals surface area (Å²) in [5.41, 5.74) is 1.37. The molecule has 0 rings (SSSR count). The molecule has 0 aromatic carbocycles. The lowest BCUT2D eigenvalue weighted by Gasteiger charge is -2.15. The monoisotopic (exact) mass is 535 g/mol. The molecule has 0 spiro atoms. The zero-order chi connectivity index (χ0) is 28.3. The molecule has 0 aromatic heterocycles. The molecule has 0 aliphatic heterocycles. The van der Waals surface area contributed by atoms with E-state index < -0.39 is 0 Å². The van der Waals surface area contributed by atoms with E-state index in [-0.39, 0.29) is 5.97 Å². The second-order valence-electron chi connectivity index (χ2n) is 13.1. The molecule has 0 amide bonds. The number of esters is 1. The minimum atomic E-state index is -0.0239. The van der Waals surface area contributed by atoms with E-state index in [1.165, 1.54) is 128 Å². The Balaban J connectivity index is 3.55. The lowest BCUT2D eigenvalue weighted by molar-refractivity contribution is -0.142. The molecule has 0 radical (unpaired) electrons. The zero-order valence-corrected chi connectivity index (χ0v) is 27.1. The van der Waals surface area contributed by atoms with Gasteiger partial charge in [0.2, 0.25) is 0 Å². The molecule has 0 bridgehead atoms. The van der Waals surface area contributed by atoms with Crippen molar-refractivity contribution < 1.29 is 9.53 Å². The van der Waals surface area contributed by atoms with Crippen LogP contribution in [0.3, 0.4) is 0 Å². The number of hydrogen-bond acceptors (Lipinski definition) is 2. The molecule has 0 fully saturated rings. The van der Waals surface area contributed by atoms with Crippen molar-refractivity contribution in [1.82, 2.24) is 0 Å². The fraction of sp³-hybridized carbons (Fsp3) is 0.917. The van der Waals surface area contributed by atoms with Crippen LogP contribution in [0.5, 0.6) is 0 Å². The Morgan fingerprint density at radius 1 is 0.579 bits per heavy atom. The van der Waals surface area contributed by atoms with Gasteiger partial charge in [0, 0.05) is 6.42 Å². The van der Waals surface area contributed by atoms with E-state index in [1.54, 1.807) is 0 Å². The standard InChI is InChI=1S/C36H70O2/c1-7-8-9-10-11-12-13-14-15-16-17-18-19-29-36(37)38-31-30-35(6)28-22-27-34(5)26-21-25-33(4)24-20-23-32(2)3/h30,32-34H,7-29,31H2,1-6H3. The molecule has 2 nitrogen and oxygen atoms in total. The summed E-state index contributed by atoms with van der Waals surface area (Å²) < 4.78 is 5.45.